The zero-order chi connectivity index (χ0) is 20.4. The Morgan fingerprint density at radius 1 is 1.29 bits per heavy atom. The van der Waals surface area contributed by atoms with E-state index in [0.717, 1.165) is 30.0 Å². The summed E-state index contributed by atoms with van der Waals surface area (Å²) in [6.45, 7) is 8.92. The van der Waals surface area contributed by atoms with E-state index in [9.17, 15) is 9.59 Å². The van der Waals surface area contributed by atoms with Crippen LogP contribution in [0.1, 0.15) is 42.2 Å². The Balaban J connectivity index is 1.72. The predicted octanol–water partition coefficient (Wildman–Crippen LogP) is 1.71. The van der Waals surface area contributed by atoms with Gasteiger partial charge in [0.15, 0.2) is 0 Å². The van der Waals surface area contributed by atoms with Crippen molar-refractivity contribution in [2.45, 2.75) is 46.7 Å². The second-order valence-electron chi connectivity index (χ2n) is 7.21. The minimum absolute atomic E-state index is 0.134. The van der Waals surface area contributed by atoms with Gasteiger partial charge in [0.05, 0.1) is 23.3 Å². The number of urea groups is 1. The molecule has 3 N–H and O–H groups in total. The lowest BCUT2D eigenvalue weighted by Crippen LogP contribution is -2.47. The molecule has 0 aliphatic carbocycles. The standard InChI is InChI=1S/C19H27N7O2/c1-11-9-12(2)26(24-11)8-6-7-25(5)18(27)15-13(3)22-19(28)23-17(15)16-14(4)20-10-21-16/h9-10,17H,6-8H2,1-5H3,(H,20,21)(H2,22,23,28)/t17-/m0/s1. The first-order chi connectivity index (χ1) is 13.3. The predicted molar refractivity (Wildman–Crippen MR) is 104 cm³/mol. The molecule has 2 aromatic rings. The summed E-state index contributed by atoms with van der Waals surface area (Å²) in [6, 6.07) is 1.12. The Labute approximate surface area is 164 Å². The van der Waals surface area contributed by atoms with E-state index in [1.54, 1.807) is 25.2 Å². The minimum Gasteiger partial charge on any atom is -0.348 e. The molecule has 0 saturated carbocycles. The highest BCUT2D eigenvalue weighted by molar-refractivity contribution is 5.98. The van der Waals surface area contributed by atoms with Gasteiger partial charge in [-0.2, -0.15) is 5.10 Å². The van der Waals surface area contributed by atoms with Gasteiger partial charge in [0.2, 0.25) is 0 Å². The molecule has 3 heterocycles. The Hall–Kier alpha value is -3.10. The van der Waals surface area contributed by atoms with Crippen LogP contribution in [-0.4, -0.2) is 50.2 Å². The molecule has 0 bridgehead atoms. The van der Waals surface area contributed by atoms with E-state index in [4.69, 9.17) is 0 Å². The fourth-order valence-electron chi connectivity index (χ4n) is 3.51. The van der Waals surface area contributed by atoms with E-state index in [2.05, 4.69) is 25.7 Å². The molecule has 9 nitrogen and oxygen atoms in total. The van der Waals surface area contributed by atoms with Crippen LogP contribution in [0.2, 0.25) is 0 Å². The summed E-state index contributed by atoms with van der Waals surface area (Å²) < 4.78 is 1.95. The van der Waals surface area contributed by atoms with E-state index >= 15 is 0 Å². The number of aryl methyl sites for hydroxylation is 4. The number of aromatic amines is 1. The van der Waals surface area contributed by atoms with Crippen LogP contribution in [0, 0.1) is 20.8 Å². The maximum atomic E-state index is 13.2. The van der Waals surface area contributed by atoms with Gasteiger partial charge in [-0.15, -0.1) is 0 Å². The summed E-state index contributed by atoms with van der Waals surface area (Å²) in [5.41, 5.74) is 4.61. The molecule has 28 heavy (non-hydrogen) atoms. The quantitative estimate of drug-likeness (QED) is 0.703. The molecule has 0 aromatic carbocycles. The third kappa shape index (κ3) is 3.92. The van der Waals surface area contributed by atoms with Gasteiger partial charge < -0.3 is 20.5 Å². The van der Waals surface area contributed by atoms with Crippen molar-refractivity contribution >= 4 is 11.9 Å². The lowest BCUT2D eigenvalue weighted by molar-refractivity contribution is -0.126. The lowest BCUT2D eigenvalue weighted by atomic mass is 9.97. The van der Waals surface area contributed by atoms with Crippen LogP contribution in [0.5, 0.6) is 0 Å². The lowest BCUT2D eigenvalue weighted by Gasteiger charge is -2.30. The molecule has 0 fully saturated rings. The maximum Gasteiger partial charge on any atom is 0.319 e. The summed E-state index contributed by atoms with van der Waals surface area (Å²) in [5, 5.41) is 9.97. The van der Waals surface area contributed by atoms with E-state index in [1.807, 2.05) is 31.5 Å². The van der Waals surface area contributed by atoms with Crippen molar-refractivity contribution in [3.63, 3.8) is 0 Å². The van der Waals surface area contributed by atoms with Crippen molar-refractivity contribution in [3.8, 4) is 0 Å². The van der Waals surface area contributed by atoms with Gasteiger partial charge in [0.1, 0.15) is 6.04 Å². The van der Waals surface area contributed by atoms with Crippen molar-refractivity contribution in [2.75, 3.05) is 13.6 Å². The van der Waals surface area contributed by atoms with E-state index in [0.29, 0.717) is 23.5 Å². The minimum atomic E-state index is -0.578. The van der Waals surface area contributed by atoms with Crippen LogP contribution in [0.3, 0.4) is 0 Å². The first kappa shape index (κ1) is 19.7. The highest BCUT2D eigenvalue weighted by atomic mass is 16.2. The van der Waals surface area contributed by atoms with Crippen LogP contribution >= 0.6 is 0 Å². The normalized spacial score (nSPS) is 16.8. The van der Waals surface area contributed by atoms with Crippen LogP contribution in [0.25, 0.3) is 0 Å². The number of amides is 3. The van der Waals surface area contributed by atoms with Crippen LogP contribution in [-0.2, 0) is 11.3 Å². The summed E-state index contributed by atoms with van der Waals surface area (Å²) in [6.07, 6.45) is 2.34. The Kier molecular flexibility index (Phi) is 5.53. The van der Waals surface area contributed by atoms with Gasteiger partial charge >= 0.3 is 6.03 Å². The largest absolute Gasteiger partial charge is 0.348 e. The number of likely N-dealkylation sites (N-methyl/N-ethyl adjacent to an activating group) is 1. The molecule has 0 unspecified atom stereocenters. The molecule has 1 aliphatic heterocycles. The van der Waals surface area contributed by atoms with Crippen LogP contribution in [0.15, 0.2) is 23.7 Å². The number of hydrogen-bond acceptors (Lipinski definition) is 4. The number of carbonyl (C=O) groups is 2. The molecule has 9 heteroatoms. The van der Waals surface area contributed by atoms with Crippen molar-refractivity contribution in [2.24, 2.45) is 0 Å². The van der Waals surface area contributed by atoms with E-state index in [1.165, 1.54) is 0 Å². The van der Waals surface area contributed by atoms with Gasteiger partial charge in [-0.05, 0) is 40.2 Å². The van der Waals surface area contributed by atoms with Crippen LogP contribution < -0.4 is 10.6 Å². The number of nitrogens with one attached hydrogen (secondary N) is 3. The first-order valence-corrected chi connectivity index (χ1v) is 9.32. The highest BCUT2D eigenvalue weighted by Gasteiger charge is 2.34. The summed E-state index contributed by atoms with van der Waals surface area (Å²) in [7, 11) is 1.77. The fourth-order valence-corrected chi connectivity index (χ4v) is 3.51. The molecular formula is C19H27N7O2. The number of carbonyl (C=O) groups excluding carboxylic acids is 2. The monoisotopic (exact) mass is 385 g/mol. The summed E-state index contributed by atoms with van der Waals surface area (Å²) >= 11 is 0. The van der Waals surface area contributed by atoms with Gasteiger partial charge in [0.25, 0.3) is 5.91 Å². The summed E-state index contributed by atoms with van der Waals surface area (Å²) in [5.74, 6) is -0.134. The SMILES string of the molecule is CC1=C(C(=O)N(C)CCCn2nc(C)cc2C)[C@@H](c2nc[nH]c2C)NC(=O)N1. The zero-order valence-corrected chi connectivity index (χ0v) is 17.0. The van der Waals surface area contributed by atoms with Gasteiger partial charge in [-0.3, -0.25) is 9.48 Å². The molecule has 3 amide bonds. The van der Waals surface area contributed by atoms with Gasteiger partial charge in [-0.25, -0.2) is 9.78 Å². The zero-order valence-electron chi connectivity index (χ0n) is 17.0. The van der Waals surface area contributed by atoms with Gasteiger partial charge in [0, 0.05) is 37.2 Å². The molecule has 0 spiro atoms. The molecule has 3 rings (SSSR count). The first-order valence-electron chi connectivity index (χ1n) is 9.32. The Bertz CT molecular complexity index is 925. The average Bonchev–Trinajstić information content (AvgIpc) is 3.18. The van der Waals surface area contributed by atoms with Crippen molar-refractivity contribution in [1.29, 1.82) is 0 Å². The fraction of sp³-hybridized carbons (Fsp3) is 0.474. The third-order valence-corrected chi connectivity index (χ3v) is 4.96. The van der Waals surface area contributed by atoms with E-state index < -0.39 is 6.04 Å². The molecule has 1 atom stereocenters. The van der Waals surface area contributed by atoms with E-state index in [-0.39, 0.29) is 11.9 Å². The molecular weight excluding hydrogens is 358 g/mol. The maximum absolute atomic E-state index is 13.2. The molecule has 0 saturated heterocycles. The number of H-pyrrole nitrogens is 1. The smallest absolute Gasteiger partial charge is 0.319 e. The highest BCUT2D eigenvalue weighted by Crippen LogP contribution is 2.28. The molecule has 1 aliphatic rings. The average molecular weight is 385 g/mol. The molecule has 150 valence electrons. The second kappa shape index (κ2) is 7.87. The van der Waals surface area contributed by atoms with Gasteiger partial charge in [-0.1, -0.05) is 0 Å². The topological polar surface area (TPSA) is 108 Å². The number of hydrogen-bond donors (Lipinski definition) is 3. The Morgan fingerprint density at radius 3 is 2.64 bits per heavy atom. The number of rotatable bonds is 6. The number of imidazole rings is 1. The molecule has 0 radical (unpaired) electrons. The number of aromatic nitrogens is 4. The van der Waals surface area contributed by atoms with Crippen molar-refractivity contribution < 1.29 is 9.59 Å². The number of allylic oxidation sites excluding steroid dienone is 1. The van der Waals surface area contributed by atoms with Crippen LogP contribution in [0.4, 0.5) is 4.79 Å². The number of nitrogens with zero attached hydrogens (tertiary/aromatic N) is 4. The van der Waals surface area contributed by atoms with Crippen molar-refractivity contribution in [1.82, 2.24) is 35.3 Å². The Morgan fingerprint density at radius 2 is 2.04 bits per heavy atom. The molecule has 2 aromatic heterocycles. The third-order valence-electron chi connectivity index (χ3n) is 4.96. The van der Waals surface area contributed by atoms with Crippen molar-refractivity contribution in [3.05, 3.63) is 46.4 Å². The summed E-state index contributed by atoms with van der Waals surface area (Å²) in [4.78, 5) is 34.1. The second-order valence-corrected chi connectivity index (χ2v) is 7.21.